The van der Waals surface area contributed by atoms with E-state index < -0.39 is 12.1 Å². The van der Waals surface area contributed by atoms with E-state index in [2.05, 4.69) is 32.8 Å². The Morgan fingerprint density at radius 3 is 2.88 bits per heavy atom. The Bertz CT molecular complexity index is 1530. The summed E-state index contributed by atoms with van der Waals surface area (Å²) in [6.45, 7) is 0.803. The summed E-state index contributed by atoms with van der Waals surface area (Å²) in [4.78, 5) is 18.1. The highest BCUT2D eigenvalue weighted by atomic mass is 32.1. The molecule has 1 saturated heterocycles. The van der Waals surface area contributed by atoms with Crippen LogP contribution in [0.15, 0.2) is 59.7 Å². The molecule has 6 rings (SSSR count). The van der Waals surface area contributed by atoms with Crippen molar-refractivity contribution in [2.24, 2.45) is 0 Å². The van der Waals surface area contributed by atoms with Crippen LogP contribution >= 0.6 is 11.5 Å². The summed E-state index contributed by atoms with van der Waals surface area (Å²) in [6.07, 6.45) is 2.08. The largest absolute Gasteiger partial charge is 0.391 e. The van der Waals surface area contributed by atoms with Crippen molar-refractivity contribution in [3.8, 4) is 0 Å². The van der Waals surface area contributed by atoms with Crippen molar-refractivity contribution < 1.29 is 9.84 Å². The zero-order chi connectivity index (χ0) is 21.7. The third-order valence-corrected chi connectivity index (χ3v) is 6.94. The van der Waals surface area contributed by atoms with Gasteiger partial charge in [-0.05, 0) is 59.1 Å². The fraction of sp³-hybridized carbons (Fsp3) is 0.250. The molecule has 2 aromatic heterocycles. The van der Waals surface area contributed by atoms with Crippen molar-refractivity contribution in [2.75, 3.05) is 13.2 Å². The third kappa shape index (κ3) is 3.19. The van der Waals surface area contributed by atoms with Gasteiger partial charge in [0.05, 0.1) is 40.7 Å². The smallest absolute Gasteiger partial charge is 0.261 e. The van der Waals surface area contributed by atoms with E-state index in [0.717, 1.165) is 32.1 Å². The third-order valence-electron chi connectivity index (χ3n) is 6.23. The van der Waals surface area contributed by atoms with Crippen molar-refractivity contribution in [2.45, 2.75) is 25.0 Å². The lowest BCUT2D eigenvalue weighted by molar-refractivity contribution is -0.0303. The van der Waals surface area contributed by atoms with Gasteiger partial charge < -0.3 is 9.84 Å². The van der Waals surface area contributed by atoms with Crippen molar-refractivity contribution in [1.82, 2.24) is 19.1 Å². The molecular weight excluding hydrogens is 424 g/mol. The van der Waals surface area contributed by atoms with Crippen LogP contribution < -0.4 is 5.56 Å². The van der Waals surface area contributed by atoms with Gasteiger partial charge >= 0.3 is 0 Å². The number of ether oxygens (including phenoxy) is 1. The molecule has 7 nitrogen and oxygen atoms in total. The van der Waals surface area contributed by atoms with Gasteiger partial charge in [-0.25, -0.2) is 4.98 Å². The summed E-state index contributed by atoms with van der Waals surface area (Å²) in [5.74, 6) is 0. The second kappa shape index (κ2) is 7.74. The Balaban J connectivity index is 1.53. The Hall–Kier alpha value is -3.20. The standard InChI is InChI=1S/C24H20N4O3S/c29-21-7-8-31-12-20(21)28-13-25-23-17-4-2-1-3-16(17)15(11-18(23)24(28)30)9-14-5-6-22-19(10-14)26-27-32-22/h1-6,10-11,13,20-21,29H,7-9,12H2/t20-,21-/m0/s1. The van der Waals surface area contributed by atoms with Gasteiger partial charge in [-0.1, -0.05) is 34.8 Å². The van der Waals surface area contributed by atoms with Crippen LogP contribution in [-0.2, 0) is 11.2 Å². The maximum atomic E-state index is 13.5. The van der Waals surface area contributed by atoms with Gasteiger partial charge in [-0.15, -0.1) is 5.10 Å². The minimum atomic E-state index is -0.626. The highest BCUT2D eigenvalue weighted by Crippen LogP contribution is 2.29. The Labute approximate surface area is 187 Å². The molecule has 0 amide bonds. The van der Waals surface area contributed by atoms with E-state index in [1.165, 1.54) is 16.1 Å². The summed E-state index contributed by atoms with van der Waals surface area (Å²) >= 11 is 1.38. The van der Waals surface area contributed by atoms with Crippen molar-refractivity contribution >= 4 is 43.4 Å². The Kier molecular flexibility index (Phi) is 4.71. The number of aliphatic hydroxyl groups is 1. The molecule has 1 N–H and O–H groups in total. The van der Waals surface area contributed by atoms with Crippen molar-refractivity contribution in [3.63, 3.8) is 0 Å². The molecular formula is C24H20N4O3S. The van der Waals surface area contributed by atoms with Gasteiger partial charge in [0.15, 0.2) is 0 Å². The summed E-state index contributed by atoms with van der Waals surface area (Å²) in [7, 11) is 0. The lowest BCUT2D eigenvalue weighted by Crippen LogP contribution is -2.39. The van der Waals surface area contributed by atoms with Gasteiger partial charge in [-0.2, -0.15) is 0 Å². The normalized spacial score (nSPS) is 19.2. The zero-order valence-corrected chi connectivity index (χ0v) is 18.0. The molecule has 8 heteroatoms. The van der Waals surface area contributed by atoms with E-state index in [1.54, 1.807) is 6.33 Å². The number of nitrogens with zero attached hydrogens (tertiary/aromatic N) is 4. The molecule has 1 aliphatic rings. The van der Waals surface area contributed by atoms with Crippen LogP contribution in [0.4, 0.5) is 0 Å². The van der Waals surface area contributed by atoms with Gasteiger partial charge in [0.25, 0.3) is 5.56 Å². The number of benzene rings is 3. The van der Waals surface area contributed by atoms with E-state index >= 15 is 0 Å². The molecule has 1 aliphatic heterocycles. The molecule has 2 atom stereocenters. The van der Waals surface area contributed by atoms with E-state index in [-0.39, 0.29) is 5.56 Å². The predicted octanol–water partition coefficient (Wildman–Crippen LogP) is 3.47. The quantitative estimate of drug-likeness (QED) is 0.429. The van der Waals surface area contributed by atoms with E-state index in [9.17, 15) is 9.90 Å². The topological polar surface area (TPSA) is 90.1 Å². The van der Waals surface area contributed by atoms with E-state index in [1.807, 2.05) is 30.3 Å². The molecule has 0 bridgehead atoms. The molecule has 0 aliphatic carbocycles. The lowest BCUT2D eigenvalue weighted by Gasteiger charge is -2.29. The number of rotatable bonds is 3. The second-order valence-corrected chi connectivity index (χ2v) is 8.97. The van der Waals surface area contributed by atoms with Crippen LogP contribution in [0.5, 0.6) is 0 Å². The molecule has 32 heavy (non-hydrogen) atoms. The highest BCUT2D eigenvalue weighted by molar-refractivity contribution is 7.12. The first kappa shape index (κ1) is 19.5. The first-order valence-corrected chi connectivity index (χ1v) is 11.3. The van der Waals surface area contributed by atoms with Crippen LogP contribution in [0.2, 0.25) is 0 Å². The first-order chi connectivity index (χ1) is 15.7. The van der Waals surface area contributed by atoms with Crippen molar-refractivity contribution in [1.29, 1.82) is 0 Å². The molecule has 3 heterocycles. The number of hydrogen-bond acceptors (Lipinski definition) is 7. The van der Waals surface area contributed by atoms with Crippen LogP contribution in [0.3, 0.4) is 0 Å². The average Bonchev–Trinajstić information content (AvgIpc) is 3.28. The summed E-state index contributed by atoms with van der Waals surface area (Å²) < 4.78 is 12.1. The Morgan fingerprint density at radius 1 is 1.12 bits per heavy atom. The molecule has 0 spiro atoms. The molecule has 0 radical (unpaired) electrons. The van der Waals surface area contributed by atoms with Gasteiger partial charge in [0.2, 0.25) is 0 Å². The maximum Gasteiger partial charge on any atom is 0.261 e. The van der Waals surface area contributed by atoms with Crippen molar-refractivity contribution in [3.05, 3.63) is 76.3 Å². The average molecular weight is 445 g/mol. The SMILES string of the molecule is O=c1c2cc(Cc3ccc4snnc4c3)c3ccccc3c2ncn1[C@H]1COCC[C@@H]1O. The molecule has 0 unspecified atom stereocenters. The summed E-state index contributed by atoms with van der Waals surface area (Å²) in [6, 6.07) is 15.7. The molecule has 1 fully saturated rings. The second-order valence-electron chi connectivity index (χ2n) is 8.18. The highest BCUT2D eigenvalue weighted by Gasteiger charge is 2.27. The summed E-state index contributed by atoms with van der Waals surface area (Å²) in [5, 5.41) is 17.2. The fourth-order valence-electron chi connectivity index (χ4n) is 4.56. The summed E-state index contributed by atoms with van der Waals surface area (Å²) in [5.41, 5.74) is 3.56. The molecule has 3 aromatic carbocycles. The van der Waals surface area contributed by atoms with Crippen LogP contribution in [0.1, 0.15) is 23.6 Å². The fourth-order valence-corrected chi connectivity index (χ4v) is 5.10. The monoisotopic (exact) mass is 444 g/mol. The Morgan fingerprint density at radius 2 is 2.00 bits per heavy atom. The number of aromatic nitrogens is 4. The maximum absolute atomic E-state index is 13.5. The predicted molar refractivity (Wildman–Crippen MR) is 124 cm³/mol. The lowest BCUT2D eigenvalue weighted by atomic mass is 9.95. The minimum absolute atomic E-state index is 0.157. The van der Waals surface area contributed by atoms with Crippen LogP contribution in [0.25, 0.3) is 31.9 Å². The van der Waals surface area contributed by atoms with Gasteiger partial charge in [0, 0.05) is 12.0 Å². The van der Waals surface area contributed by atoms with Gasteiger partial charge in [0.1, 0.15) is 5.52 Å². The zero-order valence-electron chi connectivity index (χ0n) is 17.1. The molecule has 0 saturated carbocycles. The first-order valence-electron chi connectivity index (χ1n) is 10.6. The van der Waals surface area contributed by atoms with Crippen LogP contribution in [0, 0.1) is 0 Å². The number of fused-ring (bicyclic) bond motifs is 4. The van der Waals surface area contributed by atoms with E-state index in [4.69, 9.17) is 4.74 Å². The molecule has 160 valence electrons. The number of aliphatic hydroxyl groups excluding tert-OH is 1. The molecule has 5 aromatic rings. The van der Waals surface area contributed by atoms with E-state index in [0.29, 0.717) is 37.0 Å². The van der Waals surface area contributed by atoms with Crippen LogP contribution in [-0.4, -0.2) is 43.6 Å². The number of hydrogen-bond donors (Lipinski definition) is 1. The minimum Gasteiger partial charge on any atom is -0.391 e. The van der Waals surface area contributed by atoms with Gasteiger partial charge in [-0.3, -0.25) is 9.36 Å².